The van der Waals surface area contributed by atoms with Crippen molar-refractivity contribution < 1.29 is 14.4 Å². The predicted molar refractivity (Wildman–Crippen MR) is 111 cm³/mol. The van der Waals surface area contributed by atoms with E-state index in [-0.39, 0.29) is 11.3 Å². The molecule has 1 N–H and O–H groups in total. The van der Waals surface area contributed by atoms with E-state index in [0.717, 1.165) is 16.3 Å². The van der Waals surface area contributed by atoms with Crippen LogP contribution in [0.4, 0.5) is 10.5 Å². The molecule has 7 heteroatoms. The molecule has 0 unspecified atom stereocenters. The zero-order valence-electron chi connectivity index (χ0n) is 15.4. The monoisotopic (exact) mass is 405 g/mol. The number of rotatable bonds is 3. The molecule has 0 spiro atoms. The second kappa shape index (κ2) is 7.41. The van der Waals surface area contributed by atoms with E-state index in [2.05, 4.69) is 5.32 Å². The maximum absolute atomic E-state index is 13.0. The van der Waals surface area contributed by atoms with Crippen molar-refractivity contribution in [3.05, 3.63) is 88.7 Å². The first-order chi connectivity index (χ1) is 14.0. The number of carbonyl (C=O) groups is 3. The number of nitrogens with zero attached hydrogens (tertiary/aromatic N) is 2. The van der Waals surface area contributed by atoms with Crippen molar-refractivity contribution in [2.75, 3.05) is 4.90 Å². The molecule has 1 aliphatic rings. The number of urea groups is 1. The van der Waals surface area contributed by atoms with Gasteiger partial charge in [0.1, 0.15) is 5.57 Å². The lowest BCUT2D eigenvalue weighted by molar-refractivity contribution is -0.122. The summed E-state index contributed by atoms with van der Waals surface area (Å²) in [5.74, 6) is -1.45. The highest BCUT2D eigenvalue weighted by molar-refractivity contribution is 6.39. The average molecular weight is 406 g/mol. The lowest BCUT2D eigenvalue weighted by Crippen LogP contribution is -2.54. The van der Waals surface area contributed by atoms with Gasteiger partial charge < -0.3 is 4.57 Å². The quantitative estimate of drug-likeness (QED) is 0.526. The Labute approximate surface area is 172 Å². The molecule has 0 aliphatic carbocycles. The second-order valence-electron chi connectivity index (χ2n) is 6.51. The Hall–Kier alpha value is -3.64. The zero-order valence-corrected chi connectivity index (χ0v) is 16.2. The highest BCUT2D eigenvalue weighted by Crippen LogP contribution is 2.25. The van der Waals surface area contributed by atoms with E-state index in [4.69, 9.17) is 11.6 Å². The normalized spacial score (nSPS) is 15.7. The summed E-state index contributed by atoms with van der Waals surface area (Å²) in [4.78, 5) is 38.7. The number of barbiturate groups is 1. The minimum absolute atomic E-state index is 0.139. The van der Waals surface area contributed by atoms with E-state index >= 15 is 0 Å². The van der Waals surface area contributed by atoms with Crippen molar-refractivity contribution >= 4 is 41.2 Å². The molecule has 2 aromatic carbocycles. The van der Waals surface area contributed by atoms with Crippen molar-refractivity contribution in [2.45, 2.75) is 6.92 Å². The molecule has 3 aromatic rings. The van der Waals surface area contributed by atoms with E-state index in [1.807, 2.05) is 54.0 Å². The molecule has 1 fully saturated rings. The van der Waals surface area contributed by atoms with Gasteiger partial charge in [-0.25, -0.2) is 9.69 Å². The molecule has 1 aromatic heterocycles. The van der Waals surface area contributed by atoms with Crippen molar-refractivity contribution in [3.8, 4) is 5.69 Å². The Morgan fingerprint density at radius 2 is 1.62 bits per heavy atom. The van der Waals surface area contributed by atoms with Crippen LogP contribution < -0.4 is 10.2 Å². The minimum Gasteiger partial charge on any atom is -0.314 e. The van der Waals surface area contributed by atoms with Crippen LogP contribution in [0.25, 0.3) is 11.8 Å². The van der Waals surface area contributed by atoms with Crippen molar-refractivity contribution in [1.82, 2.24) is 9.88 Å². The van der Waals surface area contributed by atoms with Gasteiger partial charge >= 0.3 is 6.03 Å². The Balaban J connectivity index is 1.79. The second-order valence-corrected chi connectivity index (χ2v) is 6.94. The summed E-state index contributed by atoms with van der Waals surface area (Å²) in [5, 5.41) is 2.59. The standard InChI is InChI=1S/C22H16ClN3O3/c1-14-10-11-18(25(14)16-7-3-2-4-8-16)13-19-20(27)24-22(29)26(21(19)28)17-9-5-6-15(23)12-17/h2-13H,1H3,(H,24,27,29)/b19-13+. The number of amides is 4. The van der Waals surface area contributed by atoms with Crippen LogP contribution in [0, 0.1) is 6.92 Å². The van der Waals surface area contributed by atoms with Crippen molar-refractivity contribution in [3.63, 3.8) is 0 Å². The van der Waals surface area contributed by atoms with Crippen LogP contribution in [0.5, 0.6) is 0 Å². The Kier molecular flexibility index (Phi) is 4.78. The maximum atomic E-state index is 13.0. The lowest BCUT2D eigenvalue weighted by atomic mass is 10.1. The first-order valence-corrected chi connectivity index (χ1v) is 9.24. The van der Waals surface area contributed by atoms with E-state index < -0.39 is 17.8 Å². The zero-order chi connectivity index (χ0) is 20.5. The smallest absolute Gasteiger partial charge is 0.314 e. The molecular weight excluding hydrogens is 390 g/mol. The van der Waals surface area contributed by atoms with Gasteiger partial charge in [-0.2, -0.15) is 0 Å². The third-order valence-corrected chi connectivity index (χ3v) is 4.82. The largest absolute Gasteiger partial charge is 0.335 e. The summed E-state index contributed by atoms with van der Waals surface area (Å²) < 4.78 is 1.92. The van der Waals surface area contributed by atoms with E-state index in [1.165, 1.54) is 12.1 Å². The summed E-state index contributed by atoms with van der Waals surface area (Å²) in [6.07, 6.45) is 1.49. The average Bonchev–Trinajstić information content (AvgIpc) is 3.06. The number of imide groups is 2. The number of hydrogen-bond donors (Lipinski definition) is 1. The van der Waals surface area contributed by atoms with Gasteiger partial charge in [0.05, 0.1) is 5.69 Å². The van der Waals surface area contributed by atoms with Crippen LogP contribution in [-0.4, -0.2) is 22.4 Å². The fourth-order valence-corrected chi connectivity index (χ4v) is 3.44. The van der Waals surface area contributed by atoms with E-state index in [1.54, 1.807) is 18.2 Å². The molecule has 2 heterocycles. The third-order valence-electron chi connectivity index (χ3n) is 4.58. The van der Waals surface area contributed by atoms with Gasteiger partial charge in [0.25, 0.3) is 11.8 Å². The van der Waals surface area contributed by atoms with Gasteiger partial charge in [0.2, 0.25) is 0 Å². The number of nitrogens with one attached hydrogen (secondary N) is 1. The predicted octanol–water partition coefficient (Wildman–Crippen LogP) is 4.11. The number of anilines is 1. The summed E-state index contributed by atoms with van der Waals surface area (Å²) in [6.45, 7) is 1.93. The molecular formula is C22H16ClN3O3. The number of para-hydroxylation sites is 1. The Bertz CT molecular complexity index is 1170. The first kappa shape index (κ1) is 18.7. The van der Waals surface area contributed by atoms with Crippen LogP contribution in [-0.2, 0) is 9.59 Å². The van der Waals surface area contributed by atoms with Crippen molar-refractivity contribution in [2.24, 2.45) is 0 Å². The van der Waals surface area contributed by atoms with Gasteiger partial charge in [-0.05, 0) is 55.5 Å². The molecule has 4 amide bonds. The highest BCUT2D eigenvalue weighted by atomic mass is 35.5. The number of halogens is 1. The van der Waals surface area contributed by atoms with Gasteiger partial charge in [-0.1, -0.05) is 35.9 Å². The minimum atomic E-state index is -0.811. The van der Waals surface area contributed by atoms with E-state index in [0.29, 0.717) is 10.7 Å². The Morgan fingerprint density at radius 3 is 2.34 bits per heavy atom. The van der Waals surface area contributed by atoms with Crippen LogP contribution in [0.2, 0.25) is 5.02 Å². The number of benzene rings is 2. The topological polar surface area (TPSA) is 71.4 Å². The molecule has 1 saturated heterocycles. The first-order valence-electron chi connectivity index (χ1n) is 8.86. The highest BCUT2D eigenvalue weighted by Gasteiger charge is 2.37. The molecule has 0 bridgehead atoms. The van der Waals surface area contributed by atoms with Gasteiger partial charge in [0.15, 0.2) is 0 Å². The number of hydrogen-bond acceptors (Lipinski definition) is 3. The lowest BCUT2D eigenvalue weighted by Gasteiger charge is -2.26. The fourth-order valence-electron chi connectivity index (χ4n) is 3.26. The SMILES string of the molecule is Cc1ccc(/C=C2\C(=O)NC(=O)N(c3cccc(Cl)c3)C2=O)n1-c1ccccc1. The molecule has 144 valence electrons. The number of carbonyl (C=O) groups excluding carboxylic acids is 3. The fraction of sp³-hybridized carbons (Fsp3) is 0.0455. The molecule has 1 aliphatic heterocycles. The van der Waals surface area contributed by atoms with Crippen LogP contribution in [0.1, 0.15) is 11.4 Å². The Morgan fingerprint density at radius 1 is 0.897 bits per heavy atom. The maximum Gasteiger partial charge on any atom is 0.335 e. The van der Waals surface area contributed by atoms with Gasteiger partial charge in [0, 0.05) is 22.1 Å². The molecule has 0 atom stereocenters. The van der Waals surface area contributed by atoms with Crippen LogP contribution in [0.3, 0.4) is 0 Å². The summed E-state index contributed by atoms with van der Waals surface area (Å²) in [6, 6.07) is 18.8. The summed E-state index contributed by atoms with van der Waals surface area (Å²) in [5.41, 5.74) is 2.63. The molecule has 6 nitrogen and oxygen atoms in total. The molecule has 29 heavy (non-hydrogen) atoms. The summed E-state index contributed by atoms with van der Waals surface area (Å²) >= 11 is 5.99. The number of aromatic nitrogens is 1. The van der Waals surface area contributed by atoms with E-state index in [9.17, 15) is 14.4 Å². The third kappa shape index (κ3) is 3.46. The van der Waals surface area contributed by atoms with Crippen molar-refractivity contribution in [1.29, 1.82) is 0 Å². The molecule has 0 saturated carbocycles. The number of aryl methyl sites for hydroxylation is 1. The van der Waals surface area contributed by atoms with Gasteiger partial charge in [-0.3, -0.25) is 14.9 Å². The van der Waals surface area contributed by atoms with Crippen LogP contribution in [0.15, 0.2) is 72.3 Å². The molecule has 4 rings (SSSR count). The summed E-state index contributed by atoms with van der Waals surface area (Å²) in [7, 11) is 0. The van der Waals surface area contributed by atoms with Crippen LogP contribution >= 0.6 is 11.6 Å². The van der Waals surface area contributed by atoms with Gasteiger partial charge in [-0.15, -0.1) is 0 Å². The molecule has 0 radical (unpaired) electrons.